The van der Waals surface area contributed by atoms with Crippen LogP contribution >= 0.6 is 0 Å². The maximum atomic E-state index is 10.1. The molecule has 10 rings (SSSR count). The fourth-order valence-electron chi connectivity index (χ4n) is 8.94. The van der Waals surface area contributed by atoms with Crippen molar-refractivity contribution in [2.24, 2.45) is 0 Å². The fraction of sp³-hybridized carbons (Fsp3) is 0.161. The summed E-state index contributed by atoms with van der Waals surface area (Å²) in [5.74, 6) is 0. The number of benzene rings is 6. The Morgan fingerprint density at radius 3 is 1.68 bits per heavy atom. The Hall–Kier alpha value is -7.29. The van der Waals surface area contributed by atoms with Crippen LogP contribution in [0.4, 0.5) is 0 Å². The molecule has 68 heavy (non-hydrogen) atoms. The van der Waals surface area contributed by atoms with E-state index in [1.165, 1.54) is 6.20 Å². The fourth-order valence-corrected chi connectivity index (χ4v) is 8.94. The van der Waals surface area contributed by atoms with Crippen molar-refractivity contribution in [3.63, 3.8) is 0 Å². The molecular formula is C62H49IrN4O. The number of pyridine rings is 3. The summed E-state index contributed by atoms with van der Waals surface area (Å²) in [5.41, 5.74) is 10.0. The van der Waals surface area contributed by atoms with Crippen LogP contribution in [0, 0.1) is 29.5 Å². The first-order chi connectivity index (χ1) is 34.5. The van der Waals surface area contributed by atoms with Gasteiger partial charge < -0.3 is 19.4 Å². The van der Waals surface area contributed by atoms with Crippen LogP contribution in [0.3, 0.4) is 0 Å². The monoisotopic (exact) mass is 1060 g/mol. The Kier molecular flexibility index (Phi) is 11.4. The van der Waals surface area contributed by atoms with Gasteiger partial charge in [-0.15, -0.1) is 90.0 Å². The van der Waals surface area contributed by atoms with E-state index in [2.05, 4.69) is 70.2 Å². The van der Waals surface area contributed by atoms with Crippen LogP contribution in [0.25, 0.3) is 66.8 Å². The average Bonchev–Trinajstić information content (AvgIpc) is 3.76. The quantitative estimate of drug-likeness (QED) is 0.108. The topological polar surface area (TPSA) is 75.6 Å². The van der Waals surface area contributed by atoms with E-state index in [4.69, 9.17) is 20.7 Å². The molecule has 0 saturated carbocycles. The van der Waals surface area contributed by atoms with Gasteiger partial charge in [0.05, 0.1) is 18.6 Å². The number of rotatable bonds is 13. The van der Waals surface area contributed by atoms with Gasteiger partial charge in [-0.3, -0.25) is 0 Å². The van der Waals surface area contributed by atoms with Crippen molar-refractivity contribution in [3.8, 4) is 51.0 Å². The summed E-state index contributed by atoms with van der Waals surface area (Å²) < 4.78 is 53.9. The van der Waals surface area contributed by atoms with E-state index in [0.717, 1.165) is 50.3 Å². The van der Waals surface area contributed by atoms with E-state index in [1.54, 1.807) is 24.3 Å². The molecule has 5 nitrogen and oxygen atoms in total. The maximum absolute atomic E-state index is 10.1. The number of hydrogen-bond donors (Lipinski definition) is 0. The first kappa shape index (κ1) is 39.8. The summed E-state index contributed by atoms with van der Waals surface area (Å²) in [6.45, 7) is 8.59. The SMILES string of the molecule is [2H]c1cc2c(oc3c(-c4ccc(C([2H])([2H])C([2H])([2H])c5cc(CC(C)(C)c6ccc(-c7[c-]cccc7)nc6)cc(CC(C)(C)c6ccc(-c7[c-]cccc7)nc6)c5)cn4)[c-]ccc32)c(-c2ccccc2)c1C#N.[Ir+3]. The van der Waals surface area contributed by atoms with Crippen LogP contribution < -0.4 is 0 Å². The molecule has 0 unspecified atom stereocenters. The van der Waals surface area contributed by atoms with Crippen LogP contribution in [-0.2, 0) is 56.5 Å². The van der Waals surface area contributed by atoms with Crippen LogP contribution in [-0.4, -0.2) is 15.0 Å². The third kappa shape index (κ3) is 9.60. The van der Waals surface area contributed by atoms with Gasteiger partial charge in [-0.2, -0.15) is 5.26 Å². The van der Waals surface area contributed by atoms with Crippen molar-refractivity contribution < 1.29 is 31.4 Å². The van der Waals surface area contributed by atoms with Crippen molar-refractivity contribution in [2.45, 2.75) is 64.1 Å². The van der Waals surface area contributed by atoms with Crippen LogP contribution in [0.1, 0.15) is 73.5 Å². The summed E-state index contributed by atoms with van der Waals surface area (Å²) in [7, 11) is 0. The largest absolute Gasteiger partial charge is 3.00 e. The normalized spacial score (nSPS) is 13.1. The average molecular weight is 1060 g/mol. The molecule has 0 spiro atoms. The minimum atomic E-state index is -2.54. The van der Waals surface area contributed by atoms with Gasteiger partial charge in [0, 0.05) is 35.0 Å². The van der Waals surface area contributed by atoms with Crippen molar-refractivity contribution >= 4 is 21.9 Å². The summed E-state index contributed by atoms with van der Waals surface area (Å²) in [6, 6.07) is 59.3. The molecule has 10 aromatic rings. The van der Waals surface area contributed by atoms with E-state index < -0.39 is 23.6 Å². The number of aromatic nitrogens is 3. The molecule has 0 bridgehead atoms. The van der Waals surface area contributed by atoms with Crippen LogP contribution in [0.2, 0.25) is 0 Å². The molecule has 4 heterocycles. The zero-order valence-electron chi connectivity index (χ0n) is 43.1. The molecule has 0 amide bonds. The molecule has 4 aromatic heterocycles. The Morgan fingerprint density at radius 2 is 1.13 bits per heavy atom. The molecule has 0 atom stereocenters. The minimum absolute atomic E-state index is 0. The summed E-state index contributed by atoms with van der Waals surface area (Å²) in [6.07, 6.45) is 1.18. The van der Waals surface area contributed by atoms with Gasteiger partial charge in [-0.25, -0.2) is 0 Å². The first-order valence-electron chi connectivity index (χ1n) is 24.9. The number of nitriles is 1. The van der Waals surface area contributed by atoms with Crippen molar-refractivity contribution in [2.75, 3.05) is 0 Å². The van der Waals surface area contributed by atoms with E-state index in [9.17, 15) is 10.7 Å². The second kappa shape index (κ2) is 19.5. The first-order valence-corrected chi connectivity index (χ1v) is 22.4. The van der Waals surface area contributed by atoms with Crippen molar-refractivity contribution in [3.05, 3.63) is 233 Å². The second-order valence-corrected chi connectivity index (χ2v) is 18.2. The number of hydrogen-bond acceptors (Lipinski definition) is 5. The van der Waals surface area contributed by atoms with Gasteiger partial charge in [-0.1, -0.05) is 130 Å². The van der Waals surface area contributed by atoms with Gasteiger partial charge in [0.25, 0.3) is 0 Å². The van der Waals surface area contributed by atoms with E-state index in [1.807, 2.05) is 122 Å². The van der Waals surface area contributed by atoms with E-state index >= 15 is 0 Å². The number of nitrogens with zero attached hydrogens (tertiary/aromatic N) is 4. The van der Waals surface area contributed by atoms with Crippen LogP contribution in [0.5, 0.6) is 0 Å². The molecule has 0 radical (unpaired) electrons. The van der Waals surface area contributed by atoms with E-state index in [-0.39, 0.29) is 42.8 Å². The Bertz CT molecular complexity index is 3520. The third-order valence-electron chi connectivity index (χ3n) is 12.5. The minimum Gasteiger partial charge on any atom is -0.500 e. The summed E-state index contributed by atoms with van der Waals surface area (Å²) >= 11 is 0. The number of furan rings is 1. The zero-order valence-corrected chi connectivity index (χ0v) is 40.5. The molecule has 0 aliphatic carbocycles. The molecule has 0 aliphatic rings. The standard InChI is InChI=1S/C62H49N4O.Ir/c1-61(2,50-27-31-55(65-40-50)46-15-8-5-9-16-46)36-44-33-43(34-45(35-44)37-62(3,4)51-28-32-56(66-41-51)47-17-10-6-11-18-47)24-23-42-25-30-57(64-39-42)54-22-14-21-52-53-29-26-49(38-63)58(60(53)67-59(52)54)48-19-12-7-13-20-48;/h5-15,17,19-21,25-35,39-41H,23-24,36-37H2,1-4H3;/q-3;+3/i23D2,24D2,26D;. The van der Waals surface area contributed by atoms with Gasteiger partial charge in [0.1, 0.15) is 5.58 Å². The molecule has 6 heteroatoms. The molecule has 6 aromatic carbocycles. The van der Waals surface area contributed by atoms with Gasteiger partial charge >= 0.3 is 20.1 Å². The predicted molar refractivity (Wildman–Crippen MR) is 270 cm³/mol. The molecular weight excluding hydrogens is 1010 g/mol. The molecule has 0 aliphatic heterocycles. The Balaban J connectivity index is 0.00000656. The molecule has 0 fully saturated rings. The summed E-state index contributed by atoms with van der Waals surface area (Å²) in [4.78, 5) is 14.3. The predicted octanol–water partition coefficient (Wildman–Crippen LogP) is 14.5. The van der Waals surface area contributed by atoms with Gasteiger partial charge in [0.2, 0.25) is 0 Å². The molecule has 0 saturated heterocycles. The smallest absolute Gasteiger partial charge is 0.500 e. The molecule has 332 valence electrons. The number of fused-ring (bicyclic) bond motifs is 3. The Labute approximate surface area is 420 Å². The van der Waals surface area contributed by atoms with Gasteiger partial charge in [0.15, 0.2) is 0 Å². The maximum Gasteiger partial charge on any atom is 3.00 e. The van der Waals surface area contributed by atoms with Crippen molar-refractivity contribution in [1.82, 2.24) is 15.0 Å². The number of aryl methyl sites for hydroxylation is 2. The van der Waals surface area contributed by atoms with Crippen molar-refractivity contribution in [1.29, 1.82) is 5.26 Å². The summed E-state index contributed by atoms with van der Waals surface area (Å²) in [5, 5.41) is 11.5. The molecule has 0 N–H and O–H groups in total. The van der Waals surface area contributed by atoms with Crippen LogP contribution in [0.15, 0.2) is 181 Å². The third-order valence-corrected chi connectivity index (χ3v) is 12.5. The van der Waals surface area contributed by atoms with E-state index in [0.29, 0.717) is 51.6 Å². The zero-order chi connectivity index (χ0) is 50.4. The van der Waals surface area contributed by atoms with Gasteiger partial charge in [-0.05, 0) is 98.5 Å². The Morgan fingerprint density at radius 1 is 0.574 bits per heavy atom. The second-order valence-electron chi connectivity index (χ2n) is 18.2.